The maximum Gasteiger partial charge on any atom is 0.246 e. The minimum atomic E-state index is -3.41. The van der Waals surface area contributed by atoms with Crippen LogP contribution in [0.1, 0.15) is 33.6 Å². The molecule has 0 aromatic carbocycles. The summed E-state index contributed by atoms with van der Waals surface area (Å²) in [5, 5.41) is 7.45. The van der Waals surface area contributed by atoms with Gasteiger partial charge in [0.05, 0.1) is 12.7 Å². The van der Waals surface area contributed by atoms with E-state index in [1.54, 1.807) is 15.2 Å². The summed E-state index contributed by atoms with van der Waals surface area (Å²) in [5.41, 5.74) is 0. The van der Waals surface area contributed by atoms with E-state index in [0.29, 0.717) is 23.9 Å². The highest BCUT2D eigenvalue weighted by atomic mass is 32.2. The standard InChI is InChI=1S/C14H26N4O2S/c1-4-5-15-6-7-17-11-14(9-16-17)21(19,20)18-10-12(2)8-13(18)3/h9,11-13,15H,4-8,10H2,1-3H3. The Bertz CT molecular complexity index is 555. The molecule has 0 saturated carbocycles. The molecule has 0 bridgehead atoms. The minimum absolute atomic E-state index is 0.0690. The van der Waals surface area contributed by atoms with Gasteiger partial charge in [0, 0.05) is 25.3 Å². The predicted molar refractivity (Wildman–Crippen MR) is 82.5 cm³/mol. The maximum atomic E-state index is 12.6. The first-order chi connectivity index (χ1) is 9.95. The van der Waals surface area contributed by atoms with Crippen molar-refractivity contribution in [1.29, 1.82) is 0 Å². The lowest BCUT2D eigenvalue weighted by molar-refractivity contribution is 0.405. The Hall–Kier alpha value is -0.920. The normalized spacial score (nSPS) is 23.8. The SMILES string of the molecule is CCCNCCn1cc(S(=O)(=O)N2CC(C)CC2C)cn1. The molecule has 1 aromatic rings. The number of hydrogen-bond acceptors (Lipinski definition) is 4. The van der Waals surface area contributed by atoms with E-state index >= 15 is 0 Å². The molecule has 120 valence electrons. The van der Waals surface area contributed by atoms with Crippen LogP contribution in [-0.4, -0.2) is 48.2 Å². The van der Waals surface area contributed by atoms with Gasteiger partial charge in [-0.15, -0.1) is 0 Å². The minimum Gasteiger partial charge on any atom is -0.315 e. The van der Waals surface area contributed by atoms with Gasteiger partial charge in [0.15, 0.2) is 0 Å². The van der Waals surface area contributed by atoms with Crippen molar-refractivity contribution in [3.63, 3.8) is 0 Å². The van der Waals surface area contributed by atoms with Gasteiger partial charge in [-0.2, -0.15) is 9.40 Å². The number of hydrogen-bond donors (Lipinski definition) is 1. The molecule has 2 unspecified atom stereocenters. The Kier molecular flexibility index (Phi) is 5.40. The number of nitrogens with one attached hydrogen (secondary N) is 1. The zero-order chi connectivity index (χ0) is 15.5. The van der Waals surface area contributed by atoms with Gasteiger partial charge in [0.1, 0.15) is 4.90 Å². The van der Waals surface area contributed by atoms with Gasteiger partial charge in [0.25, 0.3) is 0 Å². The second-order valence-corrected chi connectivity index (χ2v) is 7.84. The summed E-state index contributed by atoms with van der Waals surface area (Å²) in [5.74, 6) is 0.420. The van der Waals surface area contributed by atoms with Crippen molar-refractivity contribution >= 4 is 10.0 Å². The Balaban J connectivity index is 2.02. The third-order valence-corrected chi connectivity index (χ3v) is 5.82. The molecule has 0 radical (unpaired) electrons. The van der Waals surface area contributed by atoms with E-state index in [-0.39, 0.29) is 6.04 Å². The third kappa shape index (κ3) is 3.84. The number of aromatic nitrogens is 2. The summed E-state index contributed by atoms with van der Waals surface area (Å²) in [7, 11) is -3.41. The molecule has 1 N–H and O–H groups in total. The van der Waals surface area contributed by atoms with E-state index in [4.69, 9.17) is 0 Å². The molecule has 1 fully saturated rings. The fraction of sp³-hybridized carbons (Fsp3) is 0.786. The Morgan fingerprint density at radius 2 is 2.14 bits per heavy atom. The van der Waals surface area contributed by atoms with Crippen molar-refractivity contribution in [1.82, 2.24) is 19.4 Å². The van der Waals surface area contributed by atoms with E-state index in [0.717, 1.165) is 25.9 Å². The van der Waals surface area contributed by atoms with Gasteiger partial charge in [-0.1, -0.05) is 13.8 Å². The van der Waals surface area contributed by atoms with Crippen LogP contribution >= 0.6 is 0 Å². The summed E-state index contributed by atoms with van der Waals surface area (Å²) < 4.78 is 28.6. The molecule has 0 spiro atoms. The number of nitrogens with zero attached hydrogens (tertiary/aromatic N) is 3. The van der Waals surface area contributed by atoms with E-state index in [1.807, 2.05) is 6.92 Å². The Morgan fingerprint density at radius 1 is 1.38 bits per heavy atom. The molecular weight excluding hydrogens is 288 g/mol. The summed E-state index contributed by atoms with van der Waals surface area (Å²) in [4.78, 5) is 0.305. The highest BCUT2D eigenvalue weighted by Gasteiger charge is 2.36. The first-order valence-corrected chi connectivity index (χ1v) is 9.14. The molecule has 0 amide bonds. The number of sulfonamides is 1. The molecule has 0 aliphatic carbocycles. The highest BCUT2D eigenvalue weighted by molar-refractivity contribution is 7.89. The van der Waals surface area contributed by atoms with Gasteiger partial charge in [-0.3, -0.25) is 4.68 Å². The lowest BCUT2D eigenvalue weighted by Crippen LogP contribution is -2.33. The fourth-order valence-corrected chi connectivity index (χ4v) is 4.54. The second-order valence-electron chi connectivity index (χ2n) is 5.95. The van der Waals surface area contributed by atoms with Crippen LogP contribution in [0.15, 0.2) is 17.3 Å². The zero-order valence-corrected chi connectivity index (χ0v) is 13.9. The highest BCUT2D eigenvalue weighted by Crippen LogP contribution is 2.28. The summed E-state index contributed by atoms with van der Waals surface area (Å²) in [6.07, 6.45) is 5.11. The van der Waals surface area contributed by atoms with Gasteiger partial charge >= 0.3 is 0 Å². The van der Waals surface area contributed by atoms with Gasteiger partial charge in [0.2, 0.25) is 10.0 Å². The van der Waals surface area contributed by atoms with E-state index in [1.165, 1.54) is 6.20 Å². The fourth-order valence-electron chi connectivity index (χ4n) is 2.83. The van der Waals surface area contributed by atoms with Crippen molar-refractivity contribution in [2.75, 3.05) is 19.6 Å². The topological polar surface area (TPSA) is 67.2 Å². The van der Waals surface area contributed by atoms with E-state index < -0.39 is 10.0 Å². The summed E-state index contributed by atoms with van der Waals surface area (Å²) in [6.45, 7) is 9.23. The van der Waals surface area contributed by atoms with Crippen LogP contribution in [0.25, 0.3) is 0 Å². The molecule has 2 rings (SSSR count). The van der Waals surface area contributed by atoms with Crippen molar-refractivity contribution in [2.24, 2.45) is 5.92 Å². The monoisotopic (exact) mass is 314 g/mol. The molecule has 1 aromatic heterocycles. The average molecular weight is 314 g/mol. The predicted octanol–water partition coefficient (Wildman–Crippen LogP) is 1.30. The van der Waals surface area contributed by atoms with Crippen molar-refractivity contribution in [3.8, 4) is 0 Å². The van der Waals surface area contributed by atoms with Crippen molar-refractivity contribution in [2.45, 2.75) is 51.1 Å². The van der Waals surface area contributed by atoms with E-state index in [2.05, 4.69) is 24.3 Å². The largest absolute Gasteiger partial charge is 0.315 e. The smallest absolute Gasteiger partial charge is 0.246 e. The first-order valence-electron chi connectivity index (χ1n) is 7.70. The molecule has 1 aliphatic heterocycles. The summed E-state index contributed by atoms with van der Waals surface area (Å²) >= 11 is 0. The van der Waals surface area contributed by atoms with Crippen molar-refractivity contribution < 1.29 is 8.42 Å². The zero-order valence-electron chi connectivity index (χ0n) is 13.1. The molecule has 1 saturated heterocycles. The van der Waals surface area contributed by atoms with Gasteiger partial charge < -0.3 is 5.32 Å². The third-order valence-electron chi connectivity index (χ3n) is 3.89. The van der Waals surface area contributed by atoms with Crippen molar-refractivity contribution in [3.05, 3.63) is 12.4 Å². The molecule has 2 atom stereocenters. The van der Waals surface area contributed by atoms with Crippen LogP contribution in [-0.2, 0) is 16.6 Å². The number of rotatable bonds is 7. The van der Waals surface area contributed by atoms with E-state index in [9.17, 15) is 8.42 Å². The first kappa shape index (κ1) is 16.5. The van der Waals surface area contributed by atoms with Crippen LogP contribution in [0.5, 0.6) is 0 Å². The maximum absolute atomic E-state index is 12.6. The average Bonchev–Trinajstić information content (AvgIpc) is 3.02. The Morgan fingerprint density at radius 3 is 2.76 bits per heavy atom. The summed E-state index contributed by atoms with van der Waals surface area (Å²) in [6, 6.07) is 0.0690. The van der Waals surface area contributed by atoms with Crippen LogP contribution in [0.3, 0.4) is 0 Å². The lowest BCUT2D eigenvalue weighted by Gasteiger charge is -2.19. The molecule has 1 aliphatic rings. The Labute approximate surface area is 127 Å². The van der Waals surface area contributed by atoms with Crippen LogP contribution in [0.2, 0.25) is 0 Å². The quantitative estimate of drug-likeness (QED) is 0.770. The van der Waals surface area contributed by atoms with Gasteiger partial charge in [-0.05, 0) is 32.2 Å². The van der Waals surface area contributed by atoms with Crippen LogP contribution in [0, 0.1) is 5.92 Å². The van der Waals surface area contributed by atoms with Gasteiger partial charge in [-0.25, -0.2) is 8.42 Å². The van der Waals surface area contributed by atoms with Crippen LogP contribution < -0.4 is 5.32 Å². The molecule has 7 heteroatoms. The molecule has 6 nitrogen and oxygen atoms in total. The molecule has 2 heterocycles. The molecule has 21 heavy (non-hydrogen) atoms. The lowest BCUT2D eigenvalue weighted by atomic mass is 10.1. The molecular formula is C14H26N4O2S. The second kappa shape index (κ2) is 6.89. The van der Waals surface area contributed by atoms with Crippen LogP contribution in [0.4, 0.5) is 0 Å².